The van der Waals surface area contributed by atoms with Gasteiger partial charge in [0.2, 0.25) is 0 Å². The third-order valence-corrected chi connectivity index (χ3v) is 3.35. The van der Waals surface area contributed by atoms with E-state index in [1.54, 1.807) is 0 Å². The summed E-state index contributed by atoms with van der Waals surface area (Å²) in [6.45, 7) is 0.570. The SMILES string of the molecule is CNCc1nc(N)c2cc3cc(Br)ccc3nc2n1. The van der Waals surface area contributed by atoms with E-state index in [1.807, 2.05) is 31.3 Å². The molecule has 3 rings (SSSR count). The number of rotatable bonds is 2. The highest BCUT2D eigenvalue weighted by Gasteiger charge is 2.08. The molecule has 0 amide bonds. The first-order valence-corrected chi connectivity index (χ1v) is 6.63. The minimum atomic E-state index is 0.463. The van der Waals surface area contributed by atoms with Crippen molar-refractivity contribution < 1.29 is 0 Å². The van der Waals surface area contributed by atoms with Gasteiger partial charge in [0.15, 0.2) is 5.65 Å². The molecular weight excluding hydrogens is 306 g/mol. The van der Waals surface area contributed by atoms with Crippen molar-refractivity contribution >= 4 is 43.7 Å². The molecule has 0 spiro atoms. The zero-order valence-corrected chi connectivity index (χ0v) is 11.9. The highest BCUT2D eigenvalue weighted by atomic mass is 79.9. The van der Waals surface area contributed by atoms with Crippen molar-refractivity contribution in [1.29, 1.82) is 0 Å². The smallest absolute Gasteiger partial charge is 0.165 e. The standard InChI is InChI=1S/C13H12BrN5/c1-16-6-11-18-12(15)9-5-7-4-8(14)2-3-10(7)17-13(9)19-11/h2-5,16H,6H2,1H3,(H2,15,17,18,19). The molecule has 0 aliphatic carbocycles. The Morgan fingerprint density at radius 3 is 2.84 bits per heavy atom. The maximum Gasteiger partial charge on any atom is 0.165 e. The lowest BCUT2D eigenvalue weighted by molar-refractivity contribution is 0.765. The second kappa shape index (κ2) is 4.71. The van der Waals surface area contributed by atoms with Crippen LogP contribution in [0.3, 0.4) is 0 Å². The third-order valence-electron chi connectivity index (χ3n) is 2.85. The zero-order chi connectivity index (χ0) is 13.4. The van der Waals surface area contributed by atoms with Gasteiger partial charge in [-0.05, 0) is 31.3 Å². The molecule has 3 aromatic rings. The predicted molar refractivity (Wildman–Crippen MR) is 79.7 cm³/mol. The fraction of sp³-hybridized carbons (Fsp3) is 0.154. The Morgan fingerprint density at radius 2 is 2.05 bits per heavy atom. The Balaban J connectivity index is 2.31. The summed E-state index contributed by atoms with van der Waals surface area (Å²) >= 11 is 3.45. The van der Waals surface area contributed by atoms with E-state index in [0.717, 1.165) is 20.8 Å². The van der Waals surface area contributed by atoms with Crippen LogP contribution in [0.1, 0.15) is 5.82 Å². The number of nitrogen functional groups attached to an aromatic ring is 1. The highest BCUT2D eigenvalue weighted by molar-refractivity contribution is 9.10. The average Bonchev–Trinajstić information content (AvgIpc) is 2.37. The van der Waals surface area contributed by atoms with Crippen molar-refractivity contribution in [2.45, 2.75) is 6.54 Å². The van der Waals surface area contributed by atoms with Crippen molar-refractivity contribution in [2.24, 2.45) is 0 Å². The lowest BCUT2D eigenvalue weighted by Crippen LogP contribution is -2.11. The quantitative estimate of drug-likeness (QED) is 0.709. The Kier molecular flexibility index (Phi) is 3.04. The van der Waals surface area contributed by atoms with Crippen LogP contribution in [0.25, 0.3) is 21.9 Å². The Labute approximate surface area is 118 Å². The first kappa shape index (κ1) is 12.3. The van der Waals surface area contributed by atoms with E-state index in [-0.39, 0.29) is 0 Å². The van der Waals surface area contributed by atoms with Crippen molar-refractivity contribution in [3.63, 3.8) is 0 Å². The number of pyridine rings is 1. The maximum absolute atomic E-state index is 5.99. The summed E-state index contributed by atoms with van der Waals surface area (Å²) in [5, 5.41) is 4.80. The second-order valence-corrected chi connectivity index (χ2v) is 5.17. The molecule has 0 saturated heterocycles. The molecule has 2 heterocycles. The van der Waals surface area contributed by atoms with Crippen LogP contribution in [-0.4, -0.2) is 22.0 Å². The molecule has 0 unspecified atom stereocenters. The highest BCUT2D eigenvalue weighted by Crippen LogP contribution is 2.24. The Morgan fingerprint density at radius 1 is 1.21 bits per heavy atom. The molecule has 0 aliphatic rings. The number of nitrogens with zero attached hydrogens (tertiary/aromatic N) is 3. The molecule has 6 heteroatoms. The molecule has 2 aromatic heterocycles. The third kappa shape index (κ3) is 2.24. The van der Waals surface area contributed by atoms with Gasteiger partial charge in [0.25, 0.3) is 0 Å². The van der Waals surface area contributed by atoms with E-state index in [1.165, 1.54) is 0 Å². The van der Waals surface area contributed by atoms with Crippen LogP contribution in [-0.2, 0) is 6.54 Å². The number of nitrogens with two attached hydrogens (primary N) is 1. The van der Waals surface area contributed by atoms with E-state index in [9.17, 15) is 0 Å². The van der Waals surface area contributed by atoms with Gasteiger partial charge in [-0.15, -0.1) is 0 Å². The summed E-state index contributed by atoms with van der Waals surface area (Å²) in [6, 6.07) is 7.89. The van der Waals surface area contributed by atoms with E-state index < -0.39 is 0 Å². The van der Waals surface area contributed by atoms with Crippen LogP contribution in [0.15, 0.2) is 28.7 Å². The average molecular weight is 318 g/mol. The van der Waals surface area contributed by atoms with Crippen LogP contribution < -0.4 is 11.1 Å². The summed E-state index contributed by atoms with van der Waals surface area (Å²) in [7, 11) is 1.84. The van der Waals surface area contributed by atoms with E-state index in [2.05, 4.69) is 36.2 Å². The first-order valence-electron chi connectivity index (χ1n) is 5.84. The number of aromatic nitrogens is 3. The summed E-state index contributed by atoms with van der Waals surface area (Å²) in [4.78, 5) is 13.2. The molecule has 3 N–H and O–H groups in total. The lowest BCUT2D eigenvalue weighted by atomic mass is 10.2. The van der Waals surface area contributed by atoms with E-state index in [4.69, 9.17) is 5.73 Å². The Hall–Kier alpha value is -1.79. The number of hydrogen-bond acceptors (Lipinski definition) is 5. The molecule has 0 atom stereocenters. The molecule has 5 nitrogen and oxygen atoms in total. The van der Waals surface area contributed by atoms with Gasteiger partial charge in [0.1, 0.15) is 11.6 Å². The van der Waals surface area contributed by atoms with Gasteiger partial charge < -0.3 is 11.1 Å². The zero-order valence-electron chi connectivity index (χ0n) is 10.3. The number of nitrogens with one attached hydrogen (secondary N) is 1. The van der Waals surface area contributed by atoms with Gasteiger partial charge in [0, 0.05) is 9.86 Å². The molecule has 96 valence electrons. The normalized spacial score (nSPS) is 11.3. The number of halogens is 1. The van der Waals surface area contributed by atoms with Gasteiger partial charge in [-0.1, -0.05) is 15.9 Å². The van der Waals surface area contributed by atoms with Gasteiger partial charge in [-0.3, -0.25) is 0 Å². The molecule has 0 saturated carbocycles. The molecular formula is C13H12BrN5. The number of hydrogen-bond donors (Lipinski definition) is 2. The van der Waals surface area contributed by atoms with Crippen molar-refractivity contribution in [1.82, 2.24) is 20.3 Å². The summed E-state index contributed by atoms with van der Waals surface area (Å²) < 4.78 is 1.01. The van der Waals surface area contributed by atoms with Gasteiger partial charge in [-0.2, -0.15) is 0 Å². The first-order chi connectivity index (χ1) is 9.17. The minimum absolute atomic E-state index is 0.463. The minimum Gasteiger partial charge on any atom is -0.383 e. The molecule has 1 aromatic carbocycles. The lowest BCUT2D eigenvalue weighted by Gasteiger charge is -2.06. The maximum atomic E-state index is 5.99. The summed E-state index contributed by atoms with van der Waals surface area (Å²) in [5.74, 6) is 1.11. The van der Waals surface area contributed by atoms with Crippen LogP contribution in [0, 0.1) is 0 Å². The number of anilines is 1. The monoisotopic (exact) mass is 317 g/mol. The van der Waals surface area contributed by atoms with Crippen LogP contribution in [0.5, 0.6) is 0 Å². The second-order valence-electron chi connectivity index (χ2n) is 4.25. The number of fused-ring (bicyclic) bond motifs is 2. The summed E-state index contributed by atoms with van der Waals surface area (Å²) in [5.41, 5.74) is 7.51. The van der Waals surface area contributed by atoms with Crippen molar-refractivity contribution in [3.05, 3.63) is 34.6 Å². The van der Waals surface area contributed by atoms with Gasteiger partial charge in [0.05, 0.1) is 17.4 Å². The molecule has 0 radical (unpaired) electrons. The largest absolute Gasteiger partial charge is 0.383 e. The molecule has 19 heavy (non-hydrogen) atoms. The van der Waals surface area contributed by atoms with Crippen LogP contribution in [0.2, 0.25) is 0 Å². The van der Waals surface area contributed by atoms with E-state index >= 15 is 0 Å². The van der Waals surface area contributed by atoms with Crippen LogP contribution in [0.4, 0.5) is 5.82 Å². The fourth-order valence-corrected chi connectivity index (χ4v) is 2.37. The molecule has 0 fully saturated rings. The predicted octanol–water partition coefficient (Wildman–Crippen LogP) is 2.24. The van der Waals surface area contributed by atoms with Crippen LogP contribution >= 0.6 is 15.9 Å². The topological polar surface area (TPSA) is 76.7 Å². The molecule has 0 bridgehead atoms. The number of benzene rings is 1. The van der Waals surface area contributed by atoms with Gasteiger partial charge >= 0.3 is 0 Å². The fourth-order valence-electron chi connectivity index (χ4n) is 1.99. The Bertz CT molecular complexity index is 772. The van der Waals surface area contributed by atoms with Crippen molar-refractivity contribution in [2.75, 3.05) is 12.8 Å². The van der Waals surface area contributed by atoms with E-state index in [0.29, 0.717) is 23.8 Å². The van der Waals surface area contributed by atoms with Gasteiger partial charge in [-0.25, -0.2) is 15.0 Å². The molecule has 0 aliphatic heterocycles. The summed E-state index contributed by atoms with van der Waals surface area (Å²) in [6.07, 6.45) is 0. The van der Waals surface area contributed by atoms with Crippen molar-refractivity contribution in [3.8, 4) is 0 Å².